The highest BCUT2D eigenvalue weighted by molar-refractivity contribution is 5.91. The SMILES string of the molecule is CC(C)(C)C.COC(=O)c1cccc(C=O)c1. The Bertz CT molecular complexity index is 369. The zero-order valence-electron chi connectivity index (χ0n) is 11.1. The van der Waals surface area contributed by atoms with Crippen LogP contribution in [0.1, 0.15) is 48.4 Å². The summed E-state index contributed by atoms with van der Waals surface area (Å²) in [6, 6.07) is 6.34. The van der Waals surface area contributed by atoms with E-state index in [1.54, 1.807) is 18.2 Å². The van der Waals surface area contributed by atoms with E-state index >= 15 is 0 Å². The third-order valence-electron chi connectivity index (χ3n) is 1.44. The summed E-state index contributed by atoms with van der Waals surface area (Å²) in [7, 11) is 1.30. The maximum Gasteiger partial charge on any atom is 0.337 e. The zero-order chi connectivity index (χ0) is 13.5. The molecule has 0 aliphatic carbocycles. The number of methoxy groups -OCH3 is 1. The Morgan fingerprint density at radius 3 is 2.18 bits per heavy atom. The van der Waals surface area contributed by atoms with Gasteiger partial charge in [0.1, 0.15) is 6.29 Å². The second-order valence-electron chi connectivity index (χ2n) is 5.23. The fraction of sp³-hybridized carbons (Fsp3) is 0.429. The number of rotatable bonds is 2. The molecule has 0 radical (unpaired) electrons. The number of aldehydes is 1. The van der Waals surface area contributed by atoms with E-state index in [-0.39, 0.29) is 0 Å². The van der Waals surface area contributed by atoms with Crippen molar-refractivity contribution in [3.63, 3.8) is 0 Å². The summed E-state index contributed by atoms with van der Waals surface area (Å²) in [4.78, 5) is 21.3. The Morgan fingerprint density at radius 1 is 1.24 bits per heavy atom. The van der Waals surface area contributed by atoms with Crippen LogP contribution in [0, 0.1) is 5.41 Å². The number of carbonyl (C=O) groups is 2. The maximum atomic E-state index is 10.9. The molecular weight excluding hydrogens is 216 g/mol. The van der Waals surface area contributed by atoms with Crippen LogP contribution in [0.15, 0.2) is 24.3 Å². The minimum Gasteiger partial charge on any atom is -0.465 e. The third kappa shape index (κ3) is 8.20. The standard InChI is InChI=1S/C9H8O3.C5H12/c1-12-9(11)8-4-2-3-7(5-8)6-10;1-5(2,3)4/h2-6H,1H3;1-4H3. The minimum absolute atomic E-state index is 0.391. The Labute approximate surface area is 103 Å². The predicted octanol–water partition coefficient (Wildman–Crippen LogP) is 3.34. The van der Waals surface area contributed by atoms with Crippen LogP contribution in [0.2, 0.25) is 0 Å². The molecule has 0 aromatic heterocycles. The lowest BCUT2D eigenvalue weighted by molar-refractivity contribution is 0.0600. The minimum atomic E-state index is -0.432. The Balaban J connectivity index is 0.000000437. The zero-order valence-corrected chi connectivity index (χ0v) is 11.1. The molecule has 0 atom stereocenters. The summed E-state index contributed by atoms with van der Waals surface area (Å²) in [5.74, 6) is -0.432. The van der Waals surface area contributed by atoms with Crippen LogP contribution < -0.4 is 0 Å². The molecule has 1 rings (SSSR count). The van der Waals surface area contributed by atoms with Crippen molar-refractivity contribution in [2.75, 3.05) is 7.11 Å². The summed E-state index contributed by atoms with van der Waals surface area (Å²) >= 11 is 0. The van der Waals surface area contributed by atoms with Gasteiger partial charge in [-0.05, 0) is 17.5 Å². The molecule has 0 aliphatic heterocycles. The molecule has 0 spiro atoms. The molecule has 0 fully saturated rings. The number of carbonyl (C=O) groups excluding carboxylic acids is 2. The molecule has 0 heterocycles. The van der Waals surface area contributed by atoms with E-state index in [9.17, 15) is 9.59 Å². The number of benzene rings is 1. The van der Waals surface area contributed by atoms with Crippen molar-refractivity contribution in [2.24, 2.45) is 5.41 Å². The third-order valence-corrected chi connectivity index (χ3v) is 1.44. The molecule has 17 heavy (non-hydrogen) atoms. The van der Waals surface area contributed by atoms with Gasteiger partial charge in [0.15, 0.2) is 0 Å². The highest BCUT2D eigenvalue weighted by Crippen LogP contribution is 2.08. The molecule has 0 bridgehead atoms. The maximum absolute atomic E-state index is 10.9. The van der Waals surface area contributed by atoms with Crippen molar-refractivity contribution in [2.45, 2.75) is 27.7 Å². The Hall–Kier alpha value is -1.64. The molecule has 0 N–H and O–H groups in total. The Kier molecular flexibility index (Phi) is 6.18. The van der Waals surface area contributed by atoms with Crippen LogP contribution in [0.25, 0.3) is 0 Å². The number of hydrogen-bond donors (Lipinski definition) is 0. The van der Waals surface area contributed by atoms with Crippen molar-refractivity contribution in [1.29, 1.82) is 0 Å². The van der Waals surface area contributed by atoms with Gasteiger partial charge in [0.05, 0.1) is 12.7 Å². The van der Waals surface area contributed by atoms with Gasteiger partial charge in [0.2, 0.25) is 0 Å². The second-order valence-corrected chi connectivity index (χ2v) is 5.23. The lowest BCUT2D eigenvalue weighted by atomic mass is 10.0. The van der Waals surface area contributed by atoms with Gasteiger partial charge in [0, 0.05) is 5.56 Å². The first-order valence-electron chi connectivity index (χ1n) is 5.41. The van der Waals surface area contributed by atoms with Gasteiger partial charge in [-0.1, -0.05) is 39.8 Å². The first kappa shape index (κ1) is 15.4. The van der Waals surface area contributed by atoms with Gasteiger partial charge in [-0.3, -0.25) is 4.79 Å². The average Bonchev–Trinajstić information content (AvgIpc) is 2.26. The predicted molar refractivity (Wildman–Crippen MR) is 68.3 cm³/mol. The summed E-state index contributed by atoms with van der Waals surface area (Å²) in [6.07, 6.45) is 0.687. The van der Waals surface area contributed by atoms with Crippen molar-refractivity contribution in [3.8, 4) is 0 Å². The number of hydrogen-bond acceptors (Lipinski definition) is 3. The number of esters is 1. The van der Waals surface area contributed by atoms with Crippen LogP contribution in [-0.2, 0) is 4.74 Å². The van der Waals surface area contributed by atoms with E-state index < -0.39 is 5.97 Å². The monoisotopic (exact) mass is 236 g/mol. The smallest absolute Gasteiger partial charge is 0.337 e. The molecule has 1 aromatic rings. The van der Waals surface area contributed by atoms with Crippen molar-refractivity contribution < 1.29 is 14.3 Å². The fourth-order valence-corrected chi connectivity index (χ4v) is 0.857. The van der Waals surface area contributed by atoms with Crippen LogP contribution in [0.3, 0.4) is 0 Å². The van der Waals surface area contributed by atoms with Gasteiger partial charge in [-0.2, -0.15) is 0 Å². The van der Waals surface area contributed by atoms with Crippen LogP contribution in [0.5, 0.6) is 0 Å². The molecule has 0 saturated carbocycles. The van der Waals surface area contributed by atoms with Crippen LogP contribution in [0.4, 0.5) is 0 Å². The first-order chi connectivity index (χ1) is 7.77. The van der Waals surface area contributed by atoms with E-state index in [0.717, 1.165) is 0 Å². The van der Waals surface area contributed by atoms with E-state index in [0.29, 0.717) is 22.8 Å². The molecule has 1 aromatic carbocycles. The van der Waals surface area contributed by atoms with Crippen molar-refractivity contribution >= 4 is 12.3 Å². The Morgan fingerprint density at radius 2 is 1.76 bits per heavy atom. The highest BCUT2D eigenvalue weighted by Gasteiger charge is 2.04. The van der Waals surface area contributed by atoms with Crippen LogP contribution in [-0.4, -0.2) is 19.4 Å². The summed E-state index contributed by atoms with van der Waals surface area (Å²) in [5.41, 5.74) is 1.36. The van der Waals surface area contributed by atoms with E-state index in [1.165, 1.54) is 13.2 Å². The molecule has 3 heteroatoms. The molecule has 3 nitrogen and oxygen atoms in total. The molecule has 0 aliphatic rings. The quantitative estimate of drug-likeness (QED) is 0.584. The normalized spacial score (nSPS) is 9.94. The molecule has 0 amide bonds. The molecule has 0 saturated heterocycles. The lowest BCUT2D eigenvalue weighted by Crippen LogP contribution is -2.01. The van der Waals surface area contributed by atoms with Crippen molar-refractivity contribution in [3.05, 3.63) is 35.4 Å². The second kappa shape index (κ2) is 6.84. The van der Waals surface area contributed by atoms with Crippen LogP contribution >= 0.6 is 0 Å². The topological polar surface area (TPSA) is 43.4 Å². The molecule has 0 unspecified atom stereocenters. The first-order valence-corrected chi connectivity index (χ1v) is 5.41. The summed E-state index contributed by atoms with van der Waals surface area (Å²) in [5, 5.41) is 0. The van der Waals surface area contributed by atoms with Gasteiger partial charge in [0.25, 0.3) is 0 Å². The van der Waals surface area contributed by atoms with Gasteiger partial charge >= 0.3 is 5.97 Å². The average molecular weight is 236 g/mol. The van der Waals surface area contributed by atoms with Crippen molar-refractivity contribution in [1.82, 2.24) is 0 Å². The summed E-state index contributed by atoms with van der Waals surface area (Å²) < 4.78 is 4.48. The van der Waals surface area contributed by atoms with Gasteiger partial charge < -0.3 is 4.74 Å². The molecular formula is C14H20O3. The van der Waals surface area contributed by atoms with Gasteiger partial charge in [-0.15, -0.1) is 0 Å². The summed E-state index contributed by atoms with van der Waals surface area (Å²) in [6.45, 7) is 8.75. The fourth-order valence-electron chi connectivity index (χ4n) is 0.857. The van der Waals surface area contributed by atoms with E-state index in [4.69, 9.17) is 0 Å². The largest absolute Gasteiger partial charge is 0.465 e. The highest BCUT2D eigenvalue weighted by atomic mass is 16.5. The lowest BCUT2D eigenvalue weighted by Gasteiger charge is -2.05. The van der Waals surface area contributed by atoms with Gasteiger partial charge in [-0.25, -0.2) is 4.79 Å². The van der Waals surface area contributed by atoms with E-state index in [1.807, 2.05) is 0 Å². The number of ether oxygens (including phenoxy) is 1. The van der Waals surface area contributed by atoms with E-state index in [2.05, 4.69) is 32.4 Å². The molecule has 94 valence electrons.